The number of nitrogens with one attached hydrogen (secondary N) is 1. The Hall–Kier alpha value is -2.07. The van der Waals surface area contributed by atoms with E-state index in [1.54, 1.807) is 19.0 Å². The monoisotopic (exact) mass is 389 g/mol. The van der Waals surface area contributed by atoms with E-state index in [1.165, 1.54) is 4.90 Å². The van der Waals surface area contributed by atoms with Crippen molar-refractivity contribution in [1.82, 2.24) is 9.80 Å². The minimum absolute atomic E-state index is 0.0520. The normalized spacial score (nSPS) is 18.7. The summed E-state index contributed by atoms with van der Waals surface area (Å²) in [4.78, 5) is 27.7. The van der Waals surface area contributed by atoms with Gasteiger partial charge in [-0.15, -0.1) is 0 Å². The second kappa shape index (κ2) is 8.09. The number of hydrogen-bond donors (Lipinski definition) is 1. The maximum Gasteiger partial charge on any atom is 0.313 e. The Balaban J connectivity index is 2.16. The highest BCUT2D eigenvalue weighted by Gasteiger charge is 2.36. The van der Waals surface area contributed by atoms with Crippen molar-refractivity contribution in [2.75, 3.05) is 44.0 Å². The van der Waals surface area contributed by atoms with Gasteiger partial charge in [-0.3, -0.25) is 9.59 Å². The predicted octanol–water partition coefficient (Wildman–Crippen LogP) is 0.481. The molecule has 0 bridgehead atoms. The van der Waals surface area contributed by atoms with Gasteiger partial charge in [-0.05, 0) is 32.6 Å². The number of sulfone groups is 1. The molecule has 2 amide bonds. The van der Waals surface area contributed by atoms with Crippen LogP contribution >= 0.6 is 0 Å². The number of carbonyl (C=O) groups excluding carboxylic acids is 2. The largest absolute Gasteiger partial charge is 0.329 e. The van der Waals surface area contributed by atoms with Crippen LogP contribution in [0.3, 0.4) is 0 Å². The molecule has 1 aromatic carbocycles. The molecule has 0 saturated carbocycles. The second-order valence-electron chi connectivity index (χ2n) is 6.44. The van der Waals surface area contributed by atoms with Gasteiger partial charge in [0, 0.05) is 25.2 Å². The van der Waals surface area contributed by atoms with Gasteiger partial charge in [0.1, 0.15) is 11.6 Å². The Labute approximate surface area is 150 Å². The van der Waals surface area contributed by atoms with Crippen molar-refractivity contribution in [3.8, 4) is 0 Å². The van der Waals surface area contributed by atoms with Crippen LogP contribution in [0.4, 0.5) is 14.5 Å². The van der Waals surface area contributed by atoms with Crippen molar-refractivity contribution in [2.45, 2.75) is 12.5 Å². The molecule has 1 unspecified atom stereocenters. The lowest BCUT2D eigenvalue weighted by Gasteiger charge is -2.28. The Morgan fingerprint density at radius 3 is 2.50 bits per heavy atom. The summed E-state index contributed by atoms with van der Waals surface area (Å²) in [5.41, 5.74) is -0.449. The highest BCUT2D eigenvalue weighted by atomic mass is 32.2. The number of rotatable bonds is 5. The predicted molar refractivity (Wildman–Crippen MR) is 92.3 cm³/mol. The van der Waals surface area contributed by atoms with Crippen molar-refractivity contribution in [2.24, 2.45) is 0 Å². The Morgan fingerprint density at radius 2 is 1.92 bits per heavy atom. The fraction of sp³-hybridized carbons (Fsp3) is 0.500. The van der Waals surface area contributed by atoms with E-state index in [1.807, 2.05) is 0 Å². The average Bonchev–Trinajstić information content (AvgIpc) is 2.90. The zero-order valence-corrected chi connectivity index (χ0v) is 15.4. The van der Waals surface area contributed by atoms with Crippen LogP contribution in [-0.2, 0) is 19.4 Å². The highest BCUT2D eigenvalue weighted by Crippen LogP contribution is 2.19. The first kappa shape index (κ1) is 20.2. The lowest BCUT2D eigenvalue weighted by atomic mass is 10.2. The molecule has 1 N–H and O–H groups in total. The third kappa shape index (κ3) is 5.21. The van der Waals surface area contributed by atoms with Crippen molar-refractivity contribution < 1.29 is 26.8 Å². The molecule has 1 heterocycles. The lowest BCUT2D eigenvalue weighted by Crippen LogP contribution is -2.49. The summed E-state index contributed by atoms with van der Waals surface area (Å²) in [6.07, 6.45) is 0.239. The number of amides is 2. The van der Waals surface area contributed by atoms with Crippen LogP contribution in [0, 0.1) is 11.6 Å². The van der Waals surface area contributed by atoms with Crippen LogP contribution in [-0.4, -0.2) is 74.8 Å². The first-order chi connectivity index (χ1) is 12.1. The van der Waals surface area contributed by atoms with Gasteiger partial charge in [0.05, 0.1) is 17.2 Å². The molecule has 1 aliphatic heterocycles. The smallest absolute Gasteiger partial charge is 0.313 e. The molecule has 0 radical (unpaired) electrons. The Kier molecular flexibility index (Phi) is 6.30. The van der Waals surface area contributed by atoms with Gasteiger partial charge in [-0.25, -0.2) is 17.2 Å². The number of halogens is 2. The SMILES string of the molecule is CN(C)CCN(C(=O)C(=O)Nc1cc(F)ccc1F)C1CCS(=O)(=O)C1. The molecular formula is C16H21F2N3O4S. The first-order valence-electron chi connectivity index (χ1n) is 8.01. The maximum absolute atomic E-state index is 13.7. The Bertz CT molecular complexity index is 799. The average molecular weight is 389 g/mol. The molecule has 1 saturated heterocycles. The minimum Gasteiger partial charge on any atom is -0.329 e. The van der Waals surface area contributed by atoms with Crippen LogP contribution in [0.2, 0.25) is 0 Å². The van der Waals surface area contributed by atoms with Crippen LogP contribution in [0.1, 0.15) is 6.42 Å². The van der Waals surface area contributed by atoms with Gasteiger partial charge in [0.25, 0.3) is 0 Å². The third-order valence-electron chi connectivity index (χ3n) is 4.07. The number of anilines is 1. The van der Waals surface area contributed by atoms with Crippen molar-refractivity contribution in [3.05, 3.63) is 29.8 Å². The summed E-state index contributed by atoms with van der Waals surface area (Å²) >= 11 is 0. The molecule has 1 aliphatic rings. The van der Waals surface area contributed by atoms with E-state index >= 15 is 0 Å². The van der Waals surface area contributed by atoms with Crippen molar-refractivity contribution in [1.29, 1.82) is 0 Å². The number of benzene rings is 1. The van der Waals surface area contributed by atoms with Crippen molar-refractivity contribution in [3.63, 3.8) is 0 Å². The summed E-state index contributed by atoms with van der Waals surface area (Å²) in [6.45, 7) is 0.564. The molecule has 1 fully saturated rings. The second-order valence-corrected chi connectivity index (χ2v) is 8.67. The van der Waals surface area contributed by atoms with Crippen molar-refractivity contribution >= 4 is 27.3 Å². The van der Waals surface area contributed by atoms with E-state index < -0.39 is 45.0 Å². The van der Waals surface area contributed by atoms with E-state index in [0.29, 0.717) is 6.54 Å². The number of likely N-dealkylation sites (N-methyl/N-ethyl adjacent to an activating group) is 1. The molecule has 10 heteroatoms. The summed E-state index contributed by atoms with van der Waals surface area (Å²) in [6, 6.07) is 1.88. The number of carbonyl (C=O) groups is 2. The van der Waals surface area contributed by atoms with E-state index in [-0.39, 0.29) is 24.5 Å². The van der Waals surface area contributed by atoms with Crippen LogP contribution in [0.5, 0.6) is 0 Å². The standard InChI is InChI=1S/C16H21F2N3O4S/c1-20(2)6-7-21(12-5-8-26(24,25)10-12)16(23)15(22)19-14-9-11(17)3-4-13(14)18/h3-4,9,12H,5-8,10H2,1-2H3,(H,19,22). The molecule has 1 atom stereocenters. The zero-order chi connectivity index (χ0) is 19.5. The molecular weight excluding hydrogens is 368 g/mol. The summed E-state index contributed by atoms with van der Waals surface area (Å²) < 4.78 is 50.3. The van der Waals surface area contributed by atoms with Gasteiger partial charge in [-0.1, -0.05) is 0 Å². The van der Waals surface area contributed by atoms with Crippen LogP contribution in [0.25, 0.3) is 0 Å². The molecule has 0 spiro atoms. The summed E-state index contributed by atoms with van der Waals surface area (Å²) in [5, 5.41) is 2.05. The first-order valence-corrected chi connectivity index (χ1v) is 9.83. The van der Waals surface area contributed by atoms with Gasteiger partial charge in [0.15, 0.2) is 9.84 Å². The molecule has 144 valence electrons. The molecule has 0 aromatic heterocycles. The molecule has 2 rings (SSSR count). The summed E-state index contributed by atoms with van der Waals surface area (Å²) in [5.74, 6) is -4.02. The Morgan fingerprint density at radius 1 is 1.23 bits per heavy atom. The van der Waals surface area contributed by atoms with Gasteiger partial charge >= 0.3 is 11.8 Å². The molecule has 1 aromatic rings. The number of nitrogens with zero attached hydrogens (tertiary/aromatic N) is 2. The fourth-order valence-corrected chi connectivity index (χ4v) is 4.41. The topological polar surface area (TPSA) is 86.8 Å². The zero-order valence-electron chi connectivity index (χ0n) is 14.5. The van der Waals surface area contributed by atoms with Crippen LogP contribution in [0.15, 0.2) is 18.2 Å². The van der Waals surface area contributed by atoms with E-state index in [4.69, 9.17) is 0 Å². The fourth-order valence-electron chi connectivity index (χ4n) is 2.68. The van der Waals surface area contributed by atoms with E-state index in [9.17, 15) is 26.8 Å². The summed E-state index contributed by atoms with van der Waals surface area (Å²) in [7, 11) is 0.290. The molecule has 26 heavy (non-hydrogen) atoms. The molecule has 0 aliphatic carbocycles. The molecule has 7 nitrogen and oxygen atoms in total. The highest BCUT2D eigenvalue weighted by molar-refractivity contribution is 7.91. The van der Waals surface area contributed by atoms with Gasteiger partial charge in [-0.2, -0.15) is 0 Å². The quantitative estimate of drug-likeness (QED) is 0.741. The van der Waals surface area contributed by atoms with Gasteiger partial charge in [0.2, 0.25) is 0 Å². The van der Waals surface area contributed by atoms with Crippen LogP contribution < -0.4 is 5.32 Å². The number of hydrogen-bond acceptors (Lipinski definition) is 5. The lowest BCUT2D eigenvalue weighted by molar-refractivity contribution is -0.144. The van der Waals surface area contributed by atoms with Gasteiger partial charge < -0.3 is 15.1 Å². The third-order valence-corrected chi connectivity index (χ3v) is 5.82. The van der Waals surface area contributed by atoms with E-state index in [0.717, 1.165) is 18.2 Å². The van der Waals surface area contributed by atoms with E-state index in [2.05, 4.69) is 5.32 Å². The maximum atomic E-state index is 13.7. The minimum atomic E-state index is -3.26.